The van der Waals surface area contributed by atoms with Crippen LogP contribution in [0.15, 0.2) is 33.0 Å². The highest BCUT2D eigenvalue weighted by Gasteiger charge is 2.08. The van der Waals surface area contributed by atoms with Gasteiger partial charge in [-0.3, -0.25) is 5.01 Å². The quantitative estimate of drug-likeness (QED) is 0.750. The molecule has 0 atom stereocenters. The first-order valence-corrected chi connectivity index (χ1v) is 6.04. The maximum absolute atomic E-state index is 5.88. The van der Waals surface area contributed by atoms with Gasteiger partial charge in [-0.1, -0.05) is 16.8 Å². The van der Waals surface area contributed by atoms with Gasteiger partial charge in [-0.05, 0) is 47.0 Å². The molecular weight excluding hydrogens is 277 g/mol. The molecule has 0 unspecified atom stereocenters. The van der Waals surface area contributed by atoms with Gasteiger partial charge in [0, 0.05) is 22.6 Å². The first-order chi connectivity index (χ1) is 7.25. The van der Waals surface area contributed by atoms with Crippen molar-refractivity contribution in [1.82, 2.24) is 5.01 Å². The standard InChI is InChI=1S/C10H11BrClN3/c11-9-4-3-8(12)7-10(9)13-14-15-5-1-2-6-15/h3-4,7H,1-2,5-6H2. The Balaban J connectivity index is 2.11. The molecule has 1 aliphatic heterocycles. The molecule has 15 heavy (non-hydrogen) atoms. The third kappa shape index (κ3) is 2.92. The SMILES string of the molecule is Clc1ccc(Br)c(N=NN2CCCC2)c1. The van der Waals surface area contributed by atoms with E-state index in [0.717, 1.165) is 23.2 Å². The molecule has 1 aromatic rings. The van der Waals surface area contributed by atoms with Crippen LogP contribution in [-0.4, -0.2) is 18.1 Å². The van der Waals surface area contributed by atoms with Gasteiger partial charge in [0.25, 0.3) is 0 Å². The van der Waals surface area contributed by atoms with Gasteiger partial charge in [-0.25, -0.2) is 0 Å². The van der Waals surface area contributed by atoms with Crippen LogP contribution >= 0.6 is 27.5 Å². The van der Waals surface area contributed by atoms with E-state index in [1.807, 2.05) is 17.1 Å². The third-order valence-electron chi connectivity index (χ3n) is 2.27. The highest BCUT2D eigenvalue weighted by Crippen LogP contribution is 2.29. The van der Waals surface area contributed by atoms with Crippen LogP contribution in [0.2, 0.25) is 5.02 Å². The van der Waals surface area contributed by atoms with Crippen molar-refractivity contribution in [2.24, 2.45) is 10.3 Å². The minimum absolute atomic E-state index is 0.675. The summed E-state index contributed by atoms with van der Waals surface area (Å²) in [6, 6.07) is 5.49. The largest absolute Gasteiger partial charge is 0.278 e. The van der Waals surface area contributed by atoms with E-state index in [2.05, 4.69) is 26.3 Å². The summed E-state index contributed by atoms with van der Waals surface area (Å²) in [5.41, 5.74) is 0.773. The molecule has 0 radical (unpaired) electrons. The number of nitrogens with zero attached hydrogens (tertiary/aromatic N) is 3. The van der Waals surface area contributed by atoms with Crippen LogP contribution in [0.3, 0.4) is 0 Å². The van der Waals surface area contributed by atoms with Gasteiger partial charge in [0.05, 0.1) is 0 Å². The fourth-order valence-corrected chi connectivity index (χ4v) is 1.96. The van der Waals surface area contributed by atoms with Crippen molar-refractivity contribution in [3.8, 4) is 0 Å². The van der Waals surface area contributed by atoms with Gasteiger partial charge in [0.2, 0.25) is 0 Å². The van der Waals surface area contributed by atoms with Crippen molar-refractivity contribution in [3.05, 3.63) is 27.7 Å². The normalized spacial score (nSPS) is 16.5. The summed E-state index contributed by atoms with van der Waals surface area (Å²) in [5.74, 6) is 0. The second kappa shape index (κ2) is 4.94. The Labute approximate surface area is 102 Å². The average molecular weight is 289 g/mol. The number of hydrogen-bond donors (Lipinski definition) is 0. The Hall–Kier alpha value is -0.610. The Morgan fingerprint density at radius 2 is 2.00 bits per heavy atom. The predicted octanol–water partition coefficient (Wildman–Crippen LogP) is 4.20. The second-order valence-corrected chi connectivity index (χ2v) is 4.74. The first-order valence-electron chi connectivity index (χ1n) is 4.87. The zero-order valence-corrected chi connectivity index (χ0v) is 10.5. The molecule has 0 spiro atoms. The van der Waals surface area contributed by atoms with E-state index >= 15 is 0 Å². The van der Waals surface area contributed by atoms with Gasteiger partial charge < -0.3 is 0 Å². The van der Waals surface area contributed by atoms with E-state index in [9.17, 15) is 0 Å². The van der Waals surface area contributed by atoms with Crippen molar-refractivity contribution >= 4 is 33.2 Å². The molecule has 0 aromatic heterocycles. The molecule has 1 saturated heterocycles. The summed E-state index contributed by atoms with van der Waals surface area (Å²) in [7, 11) is 0. The van der Waals surface area contributed by atoms with Crippen LogP contribution in [0.4, 0.5) is 5.69 Å². The maximum Gasteiger partial charge on any atom is 0.103 e. The molecule has 1 fully saturated rings. The lowest BCUT2D eigenvalue weighted by Gasteiger charge is -2.07. The van der Waals surface area contributed by atoms with E-state index < -0.39 is 0 Å². The molecule has 1 aromatic carbocycles. The topological polar surface area (TPSA) is 28.0 Å². The molecule has 3 nitrogen and oxygen atoms in total. The zero-order chi connectivity index (χ0) is 10.7. The summed E-state index contributed by atoms with van der Waals surface area (Å²) in [6.07, 6.45) is 2.41. The molecular formula is C10H11BrClN3. The summed E-state index contributed by atoms with van der Waals surface area (Å²) >= 11 is 9.29. The molecule has 80 valence electrons. The molecule has 0 N–H and O–H groups in total. The van der Waals surface area contributed by atoms with E-state index in [1.54, 1.807) is 6.07 Å². The monoisotopic (exact) mass is 287 g/mol. The molecule has 5 heteroatoms. The van der Waals surface area contributed by atoms with Crippen LogP contribution in [-0.2, 0) is 0 Å². The maximum atomic E-state index is 5.88. The fourth-order valence-electron chi connectivity index (χ4n) is 1.46. The Morgan fingerprint density at radius 1 is 1.27 bits per heavy atom. The van der Waals surface area contributed by atoms with Crippen molar-refractivity contribution < 1.29 is 0 Å². The number of benzene rings is 1. The number of halogens is 2. The fraction of sp³-hybridized carbons (Fsp3) is 0.400. The van der Waals surface area contributed by atoms with Crippen LogP contribution in [0.5, 0.6) is 0 Å². The summed E-state index contributed by atoms with van der Waals surface area (Å²) in [5, 5.41) is 11.0. The average Bonchev–Trinajstić information content (AvgIpc) is 2.72. The summed E-state index contributed by atoms with van der Waals surface area (Å²) in [4.78, 5) is 0. The van der Waals surface area contributed by atoms with E-state index in [-0.39, 0.29) is 0 Å². The Kier molecular flexibility index (Phi) is 3.59. The zero-order valence-electron chi connectivity index (χ0n) is 8.16. The van der Waals surface area contributed by atoms with Gasteiger partial charge in [0.15, 0.2) is 0 Å². The van der Waals surface area contributed by atoms with Crippen LogP contribution in [0.1, 0.15) is 12.8 Å². The van der Waals surface area contributed by atoms with Gasteiger partial charge in [-0.2, -0.15) is 0 Å². The minimum atomic E-state index is 0.675. The van der Waals surface area contributed by atoms with Gasteiger partial charge in [-0.15, -0.1) is 5.11 Å². The van der Waals surface area contributed by atoms with Crippen LogP contribution in [0, 0.1) is 0 Å². The van der Waals surface area contributed by atoms with Crippen LogP contribution in [0.25, 0.3) is 0 Å². The molecule has 1 heterocycles. The molecule has 1 aliphatic rings. The minimum Gasteiger partial charge on any atom is -0.278 e. The number of rotatable bonds is 2. The van der Waals surface area contributed by atoms with E-state index in [0.29, 0.717) is 5.02 Å². The van der Waals surface area contributed by atoms with Gasteiger partial charge in [0.1, 0.15) is 5.69 Å². The van der Waals surface area contributed by atoms with Gasteiger partial charge >= 0.3 is 0 Å². The lowest BCUT2D eigenvalue weighted by atomic mass is 10.3. The second-order valence-electron chi connectivity index (χ2n) is 3.45. The molecule has 0 amide bonds. The summed E-state index contributed by atoms with van der Waals surface area (Å²) < 4.78 is 0.912. The van der Waals surface area contributed by atoms with Crippen molar-refractivity contribution in [3.63, 3.8) is 0 Å². The molecule has 0 aliphatic carbocycles. The molecule has 0 saturated carbocycles. The number of hydrogen-bond acceptors (Lipinski definition) is 2. The van der Waals surface area contributed by atoms with Crippen molar-refractivity contribution in [2.75, 3.05) is 13.1 Å². The molecule has 2 rings (SSSR count). The third-order valence-corrected chi connectivity index (χ3v) is 3.18. The lowest BCUT2D eigenvalue weighted by molar-refractivity contribution is 0.336. The smallest absolute Gasteiger partial charge is 0.103 e. The van der Waals surface area contributed by atoms with E-state index in [4.69, 9.17) is 11.6 Å². The first kappa shape index (κ1) is 10.9. The Bertz CT molecular complexity index is 375. The van der Waals surface area contributed by atoms with Crippen molar-refractivity contribution in [1.29, 1.82) is 0 Å². The highest BCUT2D eigenvalue weighted by molar-refractivity contribution is 9.10. The highest BCUT2D eigenvalue weighted by atomic mass is 79.9. The van der Waals surface area contributed by atoms with E-state index in [1.165, 1.54) is 12.8 Å². The summed E-state index contributed by atoms with van der Waals surface area (Å²) in [6.45, 7) is 2.00. The van der Waals surface area contributed by atoms with Crippen molar-refractivity contribution in [2.45, 2.75) is 12.8 Å². The predicted molar refractivity (Wildman–Crippen MR) is 64.5 cm³/mol. The Morgan fingerprint density at radius 3 is 2.73 bits per heavy atom. The van der Waals surface area contributed by atoms with Crippen LogP contribution < -0.4 is 0 Å². The molecule has 0 bridgehead atoms. The lowest BCUT2D eigenvalue weighted by Crippen LogP contribution is -2.09.